The van der Waals surface area contributed by atoms with E-state index in [9.17, 15) is 37.9 Å². The van der Waals surface area contributed by atoms with Crippen LogP contribution >= 0.6 is 45.1 Å². The van der Waals surface area contributed by atoms with Crippen molar-refractivity contribution < 1.29 is 65.4 Å². The smallest absolute Gasteiger partial charge is 0.490 e. The number of carbonyl (C=O) groups excluding carboxylic acids is 1. The standard InChI is InChI=1S/C21H29N2O16P3S2/c1-11-9-23(21(26)22-19(11)24)18-8-16(17(36-18)10-35-41(30,31)39-42(32,33)38-40(27,28)29)37-20(25)14-6-5-13(34-3)7-15(14)12(2)44-43-4/h5-7,9,12,16-18H,8,10H2,1-4H3,(H,30,31)(H,32,33)(H,22,24,26)(H2,27,28,29)/t12?,16-,17-,18-/m1/s1. The molecular weight excluding hydrogens is 693 g/mol. The highest BCUT2D eigenvalue weighted by Crippen LogP contribution is 2.66. The van der Waals surface area contributed by atoms with Crippen molar-refractivity contribution in [1.82, 2.24) is 9.55 Å². The molecule has 1 aromatic carbocycles. The largest absolute Gasteiger partial charge is 0.497 e. The predicted octanol–water partition coefficient (Wildman–Crippen LogP) is 2.78. The van der Waals surface area contributed by atoms with E-state index in [0.29, 0.717) is 11.3 Å². The van der Waals surface area contributed by atoms with Crippen molar-refractivity contribution in [1.29, 1.82) is 0 Å². The molecule has 0 bridgehead atoms. The van der Waals surface area contributed by atoms with E-state index in [2.05, 4.69) is 13.6 Å². The number of aromatic amines is 1. The van der Waals surface area contributed by atoms with Gasteiger partial charge in [0.15, 0.2) is 0 Å². The van der Waals surface area contributed by atoms with Crippen molar-refractivity contribution in [2.24, 2.45) is 0 Å². The Labute approximate surface area is 257 Å². The van der Waals surface area contributed by atoms with Crippen LogP contribution in [0, 0.1) is 6.92 Å². The van der Waals surface area contributed by atoms with Crippen LogP contribution in [0.2, 0.25) is 0 Å². The highest BCUT2D eigenvalue weighted by atomic mass is 33.1. The van der Waals surface area contributed by atoms with Crippen molar-refractivity contribution in [2.45, 2.75) is 44.0 Å². The summed E-state index contributed by atoms with van der Waals surface area (Å²) in [6, 6.07) is 4.69. The Morgan fingerprint density at radius 3 is 2.45 bits per heavy atom. The number of methoxy groups -OCH3 is 1. The third-order valence-corrected chi connectivity index (χ3v) is 11.9. The van der Waals surface area contributed by atoms with Gasteiger partial charge in [-0.15, -0.1) is 0 Å². The minimum Gasteiger partial charge on any atom is -0.497 e. The molecule has 3 rings (SSSR count). The Morgan fingerprint density at radius 1 is 1.16 bits per heavy atom. The molecule has 2 aromatic rings. The van der Waals surface area contributed by atoms with Gasteiger partial charge in [0.1, 0.15) is 24.2 Å². The zero-order valence-corrected chi connectivity index (χ0v) is 27.6. The number of carbonyl (C=O) groups is 1. The lowest BCUT2D eigenvalue weighted by Crippen LogP contribution is -2.33. The molecule has 0 amide bonds. The van der Waals surface area contributed by atoms with E-state index in [1.54, 1.807) is 12.1 Å². The first-order valence-electron chi connectivity index (χ1n) is 12.2. The second kappa shape index (κ2) is 14.8. The molecule has 0 aliphatic carbocycles. The van der Waals surface area contributed by atoms with Crippen molar-refractivity contribution in [3.8, 4) is 5.75 Å². The van der Waals surface area contributed by atoms with E-state index in [0.717, 1.165) is 4.57 Å². The Balaban J connectivity index is 1.90. The monoisotopic (exact) mass is 722 g/mol. The van der Waals surface area contributed by atoms with Crippen LogP contribution in [-0.2, 0) is 36.3 Å². The highest BCUT2D eigenvalue weighted by molar-refractivity contribution is 8.76. The number of esters is 1. The van der Waals surface area contributed by atoms with Crippen LogP contribution in [0.1, 0.15) is 46.3 Å². The third-order valence-electron chi connectivity index (χ3n) is 5.87. The van der Waals surface area contributed by atoms with Crippen molar-refractivity contribution in [3.05, 3.63) is 61.9 Å². The average Bonchev–Trinajstić information content (AvgIpc) is 3.29. The lowest BCUT2D eigenvalue weighted by Gasteiger charge is -2.22. The van der Waals surface area contributed by atoms with Crippen LogP contribution in [0.15, 0.2) is 34.0 Å². The summed E-state index contributed by atoms with van der Waals surface area (Å²) in [7, 11) is -12.6. The van der Waals surface area contributed by atoms with Crippen LogP contribution in [0.4, 0.5) is 0 Å². The fourth-order valence-corrected chi connectivity index (χ4v) is 8.80. The molecule has 5 N–H and O–H groups in total. The number of nitrogens with one attached hydrogen (secondary N) is 1. The molecule has 23 heteroatoms. The molecule has 2 heterocycles. The number of phosphoric ester groups is 1. The van der Waals surface area contributed by atoms with E-state index in [4.69, 9.17) is 28.5 Å². The molecule has 18 nitrogen and oxygen atoms in total. The summed E-state index contributed by atoms with van der Waals surface area (Å²) in [4.78, 5) is 76.6. The first-order valence-corrected chi connectivity index (χ1v) is 19.3. The summed E-state index contributed by atoms with van der Waals surface area (Å²) in [6.45, 7) is 2.33. The van der Waals surface area contributed by atoms with Crippen LogP contribution in [0.3, 0.4) is 0 Å². The number of aromatic nitrogens is 2. The molecular formula is C21H29N2O16P3S2. The number of ether oxygens (including phenoxy) is 3. The quantitative estimate of drug-likeness (QED) is 0.107. The molecule has 1 aliphatic heterocycles. The highest BCUT2D eigenvalue weighted by Gasteiger charge is 2.44. The fraction of sp³-hybridized carbons (Fsp3) is 0.476. The van der Waals surface area contributed by atoms with Crippen molar-refractivity contribution in [3.63, 3.8) is 0 Å². The zero-order chi connectivity index (χ0) is 33.0. The fourth-order valence-electron chi connectivity index (χ4n) is 4.00. The topological polar surface area (TPSA) is 259 Å². The summed E-state index contributed by atoms with van der Waals surface area (Å²) in [5.74, 6) is -0.352. The molecule has 0 radical (unpaired) electrons. The number of nitrogens with zero attached hydrogens (tertiary/aromatic N) is 1. The lowest BCUT2D eigenvalue weighted by molar-refractivity contribution is -0.0512. The minimum atomic E-state index is -5.80. The molecule has 246 valence electrons. The summed E-state index contributed by atoms with van der Waals surface area (Å²) in [5, 5.41) is -0.195. The van der Waals surface area contributed by atoms with Gasteiger partial charge >= 0.3 is 35.1 Å². The molecule has 6 atom stereocenters. The van der Waals surface area contributed by atoms with Gasteiger partial charge in [0.05, 0.1) is 19.3 Å². The summed E-state index contributed by atoms with van der Waals surface area (Å²) in [6.07, 6.45) is -1.03. The molecule has 0 spiro atoms. The molecule has 1 aromatic heterocycles. The maximum absolute atomic E-state index is 13.4. The van der Waals surface area contributed by atoms with E-state index >= 15 is 0 Å². The van der Waals surface area contributed by atoms with Crippen LogP contribution in [0.5, 0.6) is 5.75 Å². The first-order chi connectivity index (χ1) is 20.3. The zero-order valence-electron chi connectivity index (χ0n) is 23.3. The van der Waals surface area contributed by atoms with Gasteiger partial charge in [-0.05, 0) is 43.9 Å². The van der Waals surface area contributed by atoms with E-state index < -0.39 is 65.7 Å². The van der Waals surface area contributed by atoms with Crippen molar-refractivity contribution in [2.75, 3.05) is 20.0 Å². The van der Waals surface area contributed by atoms with Gasteiger partial charge in [0.2, 0.25) is 0 Å². The van der Waals surface area contributed by atoms with Crippen molar-refractivity contribution >= 4 is 51.0 Å². The Bertz CT molecular complexity index is 1630. The second-order valence-corrected chi connectivity index (χ2v) is 16.3. The molecule has 0 saturated carbocycles. The van der Waals surface area contributed by atoms with Crippen LogP contribution in [-0.4, -0.2) is 67.3 Å². The van der Waals surface area contributed by atoms with E-state index in [1.807, 2.05) is 13.2 Å². The molecule has 44 heavy (non-hydrogen) atoms. The number of aryl methyl sites for hydroxylation is 1. The van der Waals surface area contributed by atoms with Gasteiger partial charge < -0.3 is 33.8 Å². The number of H-pyrrole nitrogens is 1. The predicted molar refractivity (Wildman–Crippen MR) is 156 cm³/mol. The maximum Gasteiger partial charge on any atom is 0.490 e. The van der Waals surface area contributed by atoms with Gasteiger partial charge in [-0.3, -0.25) is 18.9 Å². The van der Waals surface area contributed by atoms with Gasteiger partial charge in [-0.2, -0.15) is 8.62 Å². The van der Waals surface area contributed by atoms with Crippen LogP contribution < -0.4 is 16.0 Å². The third kappa shape index (κ3) is 10.1. The number of benzene rings is 1. The normalized spacial score (nSPS) is 22.1. The van der Waals surface area contributed by atoms with E-state index in [1.165, 1.54) is 47.9 Å². The van der Waals surface area contributed by atoms with Gasteiger partial charge in [0, 0.05) is 23.4 Å². The lowest BCUT2D eigenvalue weighted by atomic mass is 10.0. The molecule has 3 unspecified atom stereocenters. The SMILES string of the molecule is COc1ccc(C(=O)O[C@@H]2C[C@H](n3cc(C)c(=O)[nH]c3=O)O[C@@H]2COP(=O)(O)OP(=O)(O)OP(=O)(O)O)c(C(C)SSC)c1. The Morgan fingerprint density at radius 2 is 1.84 bits per heavy atom. The molecule has 1 fully saturated rings. The minimum absolute atomic E-state index is 0.140. The number of phosphoric acid groups is 3. The Kier molecular flexibility index (Phi) is 12.3. The Hall–Kier alpha value is -1.76. The molecule has 1 saturated heterocycles. The number of rotatable bonds is 14. The summed E-state index contributed by atoms with van der Waals surface area (Å²) >= 11 is 0. The van der Waals surface area contributed by atoms with Gasteiger partial charge in [-0.1, -0.05) is 21.6 Å². The summed E-state index contributed by atoms with van der Waals surface area (Å²) < 4.78 is 64.8. The maximum atomic E-state index is 13.4. The molecule has 1 aliphatic rings. The average molecular weight is 723 g/mol. The van der Waals surface area contributed by atoms with Gasteiger partial charge in [-0.25, -0.2) is 23.3 Å². The second-order valence-electron chi connectivity index (χ2n) is 9.03. The summed E-state index contributed by atoms with van der Waals surface area (Å²) in [5.41, 5.74) is -0.652. The number of hydrogen-bond acceptors (Lipinski definition) is 14. The number of hydrogen-bond donors (Lipinski definition) is 5. The van der Waals surface area contributed by atoms with E-state index in [-0.39, 0.29) is 22.8 Å². The van der Waals surface area contributed by atoms with Crippen LogP contribution in [0.25, 0.3) is 0 Å². The van der Waals surface area contributed by atoms with Gasteiger partial charge in [0.25, 0.3) is 5.56 Å². The first kappa shape index (κ1) is 36.7.